The predicted molar refractivity (Wildman–Crippen MR) is 48.5 cm³/mol. The first-order valence-corrected chi connectivity index (χ1v) is 4.25. The molecule has 0 radical (unpaired) electrons. The van der Waals surface area contributed by atoms with Gasteiger partial charge in [-0.1, -0.05) is 29.8 Å². The summed E-state index contributed by atoms with van der Waals surface area (Å²) in [4.78, 5) is 22.0. The Balaban J connectivity index is 2.31. The second-order valence-electron chi connectivity index (χ2n) is 3.20. The molecule has 4 nitrogen and oxygen atoms in total. The highest BCUT2D eigenvalue weighted by atomic mass is 16.6. The summed E-state index contributed by atoms with van der Waals surface area (Å²) in [5.41, 5.74) is 1.79. The number of hydrogen-bond donors (Lipinski definition) is 1. The SMILES string of the molecule is Cc1cccc(C2NC(=O)OC2=O)c1. The number of benzene rings is 1. The fourth-order valence-electron chi connectivity index (χ4n) is 1.43. The van der Waals surface area contributed by atoms with Gasteiger partial charge in [0.05, 0.1) is 0 Å². The first-order valence-electron chi connectivity index (χ1n) is 4.25. The first-order chi connectivity index (χ1) is 6.66. The Morgan fingerprint density at radius 3 is 2.71 bits per heavy atom. The molecule has 1 unspecified atom stereocenters. The van der Waals surface area contributed by atoms with Gasteiger partial charge in [-0.15, -0.1) is 0 Å². The molecule has 1 aromatic carbocycles. The third-order valence-corrected chi connectivity index (χ3v) is 2.07. The van der Waals surface area contributed by atoms with Crippen molar-refractivity contribution in [2.75, 3.05) is 0 Å². The molecule has 2 rings (SSSR count). The van der Waals surface area contributed by atoms with Gasteiger partial charge in [-0.05, 0) is 12.5 Å². The van der Waals surface area contributed by atoms with Crippen molar-refractivity contribution in [3.05, 3.63) is 35.4 Å². The van der Waals surface area contributed by atoms with Gasteiger partial charge in [0.15, 0.2) is 6.04 Å². The van der Waals surface area contributed by atoms with E-state index in [2.05, 4.69) is 10.1 Å². The Hall–Kier alpha value is -1.84. The lowest BCUT2D eigenvalue weighted by atomic mass is 10.1. The number of nitrogens with one attached hydrogen (secondary N) is 1. The number of ether oxygens (including phenoxy) is 1. The van der Waals surface area contributed by atoms with Gasteiger partial charge in [0.1, 0.15) is 0 Å². The zero-order valence-corrected chi connectivity index (χ0v) is 7.61. The molecule has 1 aromatic rings. The van der Waals surface area contributed by atoms with Crippen LogP contribution in [0.4, 0.5) is 4.79 Å². The summed E-state index contributed by atoms with van der Waals surface area (Å²) in [6.07, 6.45) is -0.679. The van der Waals surface area contributed by atoms with E-state index in [0.717, 1.165) is 11.1 Å². The number of carbonyl (C=O) groups excluding carboxylic acids is 2. The van der Waals surface area contributed by atoms with Gasteiger partial charge < -0.3 is 10.1 Å². The number of hydrogen-bond acceptors (Lipinski definition) is 3. The number of aryl methyl sites for hydroxylation is 1. The van der Waals surface area contributed by atoms with E-state index in [0.29, 0.717) is 0 Å². The number of esters is 1. The maximum absolute atomic E-state index is 11.2. The van der Waals surface area contributed by atoms with Crippen LogP contribution in [0.15, 0.2) is 24.3 Å². The van der Waals surface area contributed by atoms with Gasteiger partial charge in [-0.3, -0.25) is 0 Å². The van der Waals surface area contributed by atoms with E-state index in [4.69, 9.17) is 0 Å². The van der Waals surface area contributed by atoms with Crippen LogP contribution in [0.5, 0.6) is 0 Å². The first kappa shape index (κ1) is 8.74. The Morgan fingerprint density at radius 1 is 1.36 bits per heavy atom. The average molecular weight is 191 g/mol. The molecule has 0 bridgehead atoms. The summed E-state index contributed by atoms with van der Waals surface area (Å²) in [7, 11) is 0. The van der Waals surface area contributed by atoms with Crippen LogP contribution in [-0.4, -0.2) is 12.1 Å². The number of amides is 1. The van der Waals surface area contributed by atoms with Crippen molar-refractivity contribution in [2.45, 2.75) is 13.0 Å². The third kappa shape index (κ3) is 1.46. The summed E-state index contributed by atoms with van der Waals surface area (Å²) in [5.74, 6) is -0.541. The summed E-state index contributed by atoms with van der Waals surface area (Å²) >= 11 is 0. The zero-order valence-electron chi connectivity index (χ0n) is 7.61. The van der Waals surface area contributed by atoms with Crippen LogP contribution < -0.4 is 5.32 Å². The van der Waals surface area contributed by atoms with Crippen LogP contribution >= 0.6 is 0 Å². The number of rotatable bonds is 1. The van der Waals surface area contributed by atoms with Crippen LogP contribution in [0.1, 0.15) is 17.2 Å². The van der Waals surface area contributed by atoms with E-state index in [1.165, 1.54) is 0 Å². The van der Waals surface area contributed by atoms with Crippen molar-refractivity contribution < 1.29 is 14.3 Å². The van der Waals surface area contributed by atoms with Gasteiger partial charge >= 0.3 is 12.1 Å². The topological polar surface area (TPSA) is 55.4 Å². The molecular weight excluding hydrogens is 182 g/mol. The van der Waals surface area contributed by atoms with E-state index >= 15 is 0 Å². The maximum atomic E-state index is 11.2. The van der Waals surface area contributed by atoms with Crippen molar-refractivity contribution >= 4 is 12.1 Å². The summed E-state index contributed by atoms with van der Waals surface area (Å²) < 4.78 is 4.38. The quantitative estimate of drug-likeness (QED) is 0.537. The van der Waals surface area contributed by atoms with Crippen molar-refractivity contribution in [2.24, 2.45) is 0 Å². The van der Waals surface area contributed by atoms with Crippen LogP contribution in [0, 0.1) is 6.92 Å². The molecule has 1 saturated heterocycles. The van der Waals surface area contributed by atoms with Gasteiger partial charge in [0.25, 0.3) is 0 Å². The van der Waals surface area contributed by atoms with Crippen molar-refractivity contribution in [3.63, 3.8) is 0 Å². The molecule has 0 spiro atoms. The molecule has 1 atom stereocenters. The largest absolute Gasteiger partial charge is 0.415 e. The molecule has 0 saturated carbocycles. The summed E-state index contributed by atoms with van der Waals surface area (Å²) in [5, 5.41) is 2.44. The Morgan fingerprint density at radius 2 is 2.14 bits per heavy atom. The summed E-state index contributed by atoms with van der Waals surface area (Å²) in [6.45, 7) is 1.92. The highest BCUT2D eigenvalue weighted by molar-refractivity contribution is 5.96. The molecule has 14 heavy (non-hydrogen) atoms. The molecule has 1 fully saturated rings. The van der Waals surface area contributed by atoms with Crippen LogP contribution in [-0.2, 0) is 9.53 Å². The minimum atomic E-state index is -0.679. The van der Waals surface area contributed by atoms with E-state index in [1.807, 2.05) is 25.1 Å². The normalized spacial score (nSPS) is 20.5. The Kier molecular flexibility index (Phi) is 1.96. The van der Waals surface area contributed by atoms with Crippen LogP contribution in [0.25, 0.3) is 0 Å². The van der Waals surface area contributed by atoms with E-state index < -0.39 is 18.1 Å². The summed E-state index contributed by atoms with van der Waals surface area (Å²) in [6, 6.07) is 6.73. The highest BCUT2D eigenvalue weighted by Crippen LogP contribution is 2.19. The lowest BCUT2D eigenvalue weighted by Crippen LogP contribution is -2.19. The number of cyclic esters (lactones) is 2. The van der Waals surface area contributed by atoms with Gasteiger partial charge in [-0.25, -0.2) is 9.59 Å². The Labute approximate surface area is 80.9 Å². The molecule has 1 aliphatic rings. The monoisotopic (exact) mass is 191 g/mol. The van der Waals surface area contributed by atoms with E-state index in [9.17, 15) is 9.59 Å². The zero-order chi connectivity index (χ0) is 10.1. The molecule has 1 heterocycles. The highest BCUT2D eigenvalue weighted by Gasteiger charge is 2.33. The average Bonchev–Trinajstić information content (AvgIpc) is 2.45. The minimum Gasteiger partial charge on any atom is -0.374 e. The smallest absolute Gasteiger partial charge is 0.374 e. The fraction of sp³-hybridized carbons (Fsp3) is 0.200. The van der Waals surface area contributed by atoms with Crippen LogP contribution in [0.3, 0.4) is 0 Å². The second-order valence-corrected chi connectivity index (χ2v) is 3.20. The fourth-order valence-corrected chi connectivity index (χ4v) is 1.43. The number of carbonyl (C=O) groups is 2. The molecule has 4 heteroatoms. The molecule has 0 aliphatic carbocycles. The van der Waals surface area contributed by atoms with Crippen LogP contribution in [0.2, 0.25) is 0 Å². The molecule has 1 aliphatic heterocycles. The van der Waals surface area contributed by atoms with Crippen molar-refractivity contribution in [3.8, 4) is 0 Å². The van der Waals surface area contributed by atoms with Gasteiger partial charge in [-0.2, -0.15) is 0 Å². The lowest BCUT2D eigenvalue weighted by molar-refractivity contribution is -0.135. The molecule has 0 aromatic heterocycles. The van der Waals surface area contributed by atoms with Gasteiger partial charge in [0, 0.05) is 0 Å². The third-order valence-electron chi connectivity index (χ3n) is 2.07. The van der Waals surface area contributed by atoms with E-state index in [1.54, 1.807) is 6.07 Å². The number of alkyl carbamates (subject to hydrolysis) is 1. The van der Waals surface area contributed by atoms with Crippen molar-refractivity contribution in [1.29, 1.82) is 0 Å². The standard InChI is InChI=1S/C10H9NO3/c1-6-3-2-4-7(5-6)8-9(12)14-10(13)11-8/h2-5,8H,1H3,(H,11,13). The molecule has 72 valence electrons. The maximum Gasteiger partial charge on any atom is 0.415 e. The lowest BCUT2D eigenvalue weighted by Gasteiger charge is -2.05. The van der Waals surface area contributed by atoms with E-state index in [-0.39, 0.29) is 0 Å². The Bertz CT molecular complexity index is 400. The predicted octanol–water partition coefficient (Wildman–Crippen LogP) is 1.30. The molecule has 1 N–H and O–H groups in total. The molecule has 1 amide bonds. The van der Waals surface area contributed by atoms with Crippen molar-refractivity contribution in [1.82, 2.24) is 5.32 Å². The minimum absolute atomic E-state index is 0.541. The van der Waals surface area contributed by atoms with Gasteiger partial charge in [0.2, 0.25) is 0 Å². The second kappa shape index (κ2) is 3.14. The molecular formula is C10H9NO3.